The first-order valence-electron chi connectivity index (χ1n) is 16.1. The lowest BCUT2D eigenvalue weighted by atomic mass is 9.83. The van der Waals surface area contributed by atoms with E-state index in [-0.39, 0.29) is 11.5 Å². The fourth-order valence-corrected chi connectivity index (χ4v) is 6.09. The van der Waals surface area contributed by atoms with Crippen molar-refractivity contribution in [2.75, 3.05) is 0 Å². The van der Waals surface area contributed by atoms with Gasteiger partial charge in [0.2, 0.25) is 5.91 Å². The Balaban J connectivity index is 1.44. The van der Waals surface area contributed by atoms with Gasteiger partial charge in [0.05, 0.1) is 27.7 Å². The zero-order chi connectivity index (χ0) is 35.1. The molecule has 7 nitrogen and oxygen atoms in total. The number of unbranched alkanes of at least 4 members (excludes halogenated alkanes) is 1. The van der Waals surface area contributed by atoms with Crippen molar-refractivity contribution in [3.05, 3.63) is 140 Å². The Morgan fingerprint density at radius 1 is 0.898 bits per heavy atom. The van der Waals surface area contributed by atoms with Crippen LogP contribution in [0.3, 0.4) is 0 Å². The maximum atomic E-state index is 14.1. The van der Waals surface area contributed by atoms with Gasteiger partial charge in [-0.1, -0.05) is 84.5 Å². The summed E-state index contributed by atoms with van der Waals surface area (Å²) in [7, 11) is 0. The lowest BCUT2D eigenvalue weighted by molar-refractivity contribution is -0.126. The molecule has 0 radical (unpaired) electrons. The third-order valence-corrected chi connectivity index (χ3v) is 9.29. The molecule has 0 aliphatic heterocycles. The summed E-state index contributed by atoms with van der Waals surface area (Å²) in [5, 5.41) is 14.1. The fourth-order valence-electron chi connectivity index (χ4n) is 5.45. The van der Waals surface area contributed by atoms with Crippen LogP contribution in [-0.2, 0) is 29.8 Å². The second-order valence-corrected chi connectivity index (χ2v) is 13.7. The van der Waals surface area contributed by atoms with Crippen LogP contribution in [0.4, 0.5) is 0 Å². The van der Waals surface area contributed by atoms with Gasteiger partial charge in [-0.3, -0.25) is 4.79 Å². The highest BCUT2D eigenvalue weighted by molar-refractivity contribution is 6.36. The number of halogens is 3. The van der Waals surface area contributed by atoms with Crippen molar-refractivity contribution < 1.29 is 19.4 Å². The zero-order valence-corrected chi connectivity index (χ0v) is 29.8. The zero-order valence-electron chi connectivity index (χ0n) is 27.6. The van der Waals surface area contributed by atoms with E-state index in [2.05, 4.69) is 16.8 Å². The molecule has 2 N–H and O–H groups in total. The average molecular weight is 719 g/mol. The van der Waals surface area contributed by atoms with Gasteiger partial charge in [0, 0.05) is 28.4 Å². The number of aryl methyl sites for hydroxylation is 1. The van der Waals surface area contributed by atoms with Crippen LogP contribution in [0.15, 0.2) is 97.2 Å². The van der Waals surface area contributed by atoms with E-state index < -0.39 is 17.4 Å². The molecular weight excluding hydrogens is 681 g/mol. The molecule has 0 saturated carbocycles. The van der Waals surface area contributed by atoms with Crippen LogP contribution in [0.2, 0.25) is 15.1 Å². The predicted octanol–water partition coefficient (Wildman–Crippen LogP) is 9.97. The minimum atomic E-state index is -0.969. The van der Waals surface area contributed by atoms with Crippen LogP contribution in [0.5, 0.6) is 5.75 Å². The molecule has 1 aromatic heterocycles. The summed E-state index contributed by atoms with van der Waals surface area (Å²) in [6, 6.07) is 26.5. The van der Waals surface area contributed by atoms with E-state index in [9.17, 15) is 9.59 Å². The molecule has 0 aliphatic rings. The molecule has 5 rings (SSSR count). The molecule has 1 atom stereocenters. The molecule has 4 aromatic carbocycles. The highest BCUT2D eigenvalue weighted by atomic mass is 35.5. The van der Waals surface area contributed by atoms with Crippen LogP contribution >= 0.6 is 34.8 Å². The number of rotatable bonds is 14. The summed E-state index contributed by atoms with van der Waals surface area (Å²) in [4.78, 5) is 30.3. The molecule has 5 aromatic rings. The van der Waals surface area contributed by atoms with Gasteiger partial charge in [-0.05, 0) is 98.0 Å². The van der Waals surface area contributed by atoms with Crippen LogP contribution in [0, 0.1) is 0 Å². The number of carboxylic acids is 1. The number of aromatic nitrogens is 2. The summed E-state index contributed by atoms with van der Waals surface area (Å²) >= 11 is 19.0. The summed E-state index contributed by atoms with van der Waals surface area (Å²) < 4.78 is 8.08. The van der Waals surface area contributed by atoms with Crippen molar-refractivity contribution in [1.82, 2.24) is 14.9 Å². The van der Waals surface area contributed by atoms with Gasteiger partial charge in [-0.15, -0.1) is 0 Å². The number of imidazole rings is 1. The van der Waals surface area contributed by atoms with Crippen LogP contribution in [0.1, 0.15) is 72.5 Å². The Labute approximate surface area is 301 Å². The van der Waals surface area contributed by atoms with Crippen LogP contribution < -0.4 is 10.1 Å². The van der Waals surface area contributed by atoms with E-state index in [1.54, 1.807) is 48.5 Å². The van der Waals surface area contributed by atoms with E-state index in [0.29, 0.717) is 39.5 Å². The Hall–Kier alpha value is -4.30. The second-order valence-electron chi connectivity index (χ2n) is 12.5. The Bertz CT molecular complexity index is 1900. The standard InChI is InChI=1S/C39H38Cl3N3O4/c1-4-5-20-45-23-35(32-19-16-30(41)22-33(32)42)43-36(45)34(44-38(48)39(2,3)28-12-14-29(40)15-13-28)21-25-8-17-31(18-9-25)49-24-26-6-10-27(11-7-26)37(46)47/h6-19,22-23,34H,4-5,20-21,24H2,1-3H3,(H,44,48)(H,46,47)/t34-/m0/s1. The Kier molecular flexibility index (Phi) is 11.7. The molecule has 0 aliphatic carbocycles. The first-order chi connectivity index (χ1) is 23.4. The van der Waals surface area contributed by atoms with Gasteiger partial charge >= 0.3 is 5.97 Å². The molecule has 49 heavy (non-hydrogen) atoms. The highest BCUT2D eigenvalue weighted by Gasteiger charge is 2.33. The van der Waals surface area contributed by atoms with Crippen LogP contribution in [-0.4, -0.2) is 26.5 Å². The minimum absolute atomic E-state index is 0.148. The van der Waals surface area contributed by atoms with Gasteiger partial charge in [-0.2, -0.15) is 0 Å². The molecule has 0 unspecified atom stereocenters. The number of benzene rings is 4. The number of nitrogens with zero attached hydrogens (tertiary/aromatic N) is 2. The average Bonchev–Trinajstić information content (AvgIpc) is 3.50. The topological polar surface area (TPSA) is 93.5 Å². The van der Waals surface area contributed by atoms with Gasteiger partial charge < -0.3 is 19.7 Å². The Morgan fingerprint density at radius 3 is 2.18 bits per heavy atom. The van der Waals surface area contributed by atoms with Gasteiger partial charge in [0.15, 0.2) is 0 Å². The molecule has 0 bridgehead atoms. The number of carboxylic acid groups (broad SMARTS) is 1. The van der Waals surface area contributed by atoms with Crippen molar-refractivity contribution >= 4 is 46.7 Å². The normalized spacial score (nSPS) is 12.0. The molecule has 254 valence electrons. The monoisotopic (exact) mass is 717 g/mol. The maximum absolute atomic E-state index is 14.1. The number of aromatic carboxylic acids is 1. The molecule has 10 heteroatoms. The molecule has 0 spiro atoms. The summed E-state index contributed by atoms with van der Waals surface area (Å²) in [6.07, 6.45) is 4.37. The smallest absolute Gasteiger partial charge is 0.335 e. The summed E-state index contributed by atoms with van der Waals surface area (Å²) in [5.41, 5.74) is 3.50. The third kappa shape index (κ3) is 9.04. The molecule has 0 saturated heterocycles. The third-order valence-electron chi connectivity index (χ3n) is 8.49. The molecular formula is C39H38Cl3N3O4. The fraction of sp³-hybridized carbons (Fsp3) is 0.256. The van der Waals surface area contributed by atoms with E-state index in [1.165, 1.54) is 0 Å². The first kappa shape index (κ1) is 36.0. The number of amides is 1. The lowest BCUT2D eigenvalue weighted by Crippen LogP contribution is -2.43. The number of ether oxygens (including phenoxy) is 1. The van der Waals surface area contributed by atoms with Gasteiger partial charge in [0.1, 0.15) is 18.2 Å². The summed E-state index contributed by atoms with van der Waals surface area (Å²) in [5.74, 6) is 0.272. The number of carbonyl (C=O) groups excluding carboxylic acids is 1. The predicted molar refractivity (Wildman–Crippen MR) is 196 cm³/mol. The number of nitrogens with one attached hydrogen (secondary N) is 1. The van der Waals surface area contributed by atoms with Crippen molar-refractivity contribution in [3.8, 4) is 17.0 Å². The highest BCUT2D eigenvalue weighted by Crippen LogP contribution is 2.33. The molecule has 0 fully saturated rings. The first-order valence-corrected chi connectivity index (χ1v) is 17.2. The summed E-state index contributed by atoms with van der Waals surface area (Å²) in [6.45, 7) is 6.94. The number of hydrogen-bond donors (Lipinski definition) is 2. The van der Waals surface area contributed by atoms with E-state index >= 15 is 0 Å². The van der Waals surface area contributed by atoms with Crippen molar-refractivity contribution in [3.63, 3.8) is 0 Å². The van der Waals surface area contributed by atoms with Crippen LogP contribution in [0.25, 0.3) is 11.3 Å². The van der Waals surface area contributed by atoms with E-state index in [1.807, 2.05) is 62.5 Å². The quantitative estimate of drug-likeness (QED) is 0.119. The molecule has 1 amide bonds. The van der Waals surface area contributed by atoms with Gasteiger partial charge in [-0.25, -0.2) is 9.78 Å². The van der Waals surface area contributed by atoms with E-state index in [0.717, 1.165) is 47.5 Å². The van der Waals surface area contributed by atoms with Crippen molar-refractivity contribution in [2.45, 2.75) is 64.6 Å². The largest absolute Gasteiger partial charge is 0.489 e. The lowest BCUT2D eigenvalue weighted by Gasteiger charge is -2.28. The van der Waals surface area contributed by atoms with Crippen molar-refractivity contribution in [2.24, 2.45) is 0 Å². The minimum Gasteiger partial charge on any atom is -0.489 e. The Morgan fingerprint density at radius 2 is 1.55 bits per heavy atom. The van der Waals surface area contributed by atoms with Gasteiger partial charge in [0.25, 0.3) is 0 Å². The number of hydrogen-bond acceptors (Lipinski definition) is 4. The maximum Gasteiger partial charge on any atom is 0.335 e. The SMILES string of the molecule is CCCCn1cc(-c2ccc(Cl)cc2Cl)nc1[C@H](Cc1ccc(OCc2ccc(C(=O)O)cc2)cc1)NC(=O)C(C)(C)c1ccc(Cl)cc1. The number of carbonyl (C=O) groups is 2. The molecule has 1 heterocycles. The van der Waals surface area contributed by atoms with Crippen molar-refractivity contribution in [1.29, 1.82) is 0 Å². The second kappa shape index (κ2) is 15.9. The van der Waals surface area contributed by atoms with E-state index in [4.69, 9.17) is 49.6 Å².